The maximum atomic E-state index is 13.9. The van der Waals surface area contributed by atoms with E-state index in [1.54, 1.807) is 24.4 Å². The number of benzene rings is 1. The number of alkyl halides is 2. The summed E-state index contributed by atoms with van der Waals surface area (Å²) in [4.78, 5) is 11.0. The summed E-state index contributed by atoms with van der Waals surface area (Å²) in [6, 6.07) is 9.84. The molecular formula is C24H24F3N5S. The number of nitrogens with one attached hydrogen (secondary N) is 1. The van der Waals surface area contributed by atoms with Crippen molar-refractivity contribution in [2.75, 3.05) is 23.3 Å². The lowest BCUT2D eigenvalue weighted by atomic mass is 9.92. The molecule has 3 N–H and O–H groups in total. The molecule has 1 unspecified atom stereocenters. The van der Waals surface area contributed by atoms with Gasteiger partial charge in [0.25, 0.3) is 5.92 Å². The molecule has 2 aromatic heterocycles. The molecule has 0 radical (unpaired) electrons. The van der Waals surface area contributed by atoms with Gasteiger partial charge < -0.3 is 10.2 Å². The minimum absolute atomic E-state index is 0.0289. The third kappa shape index (κ3) is 4.00. The Kier molecular flexibility index (Phi) is 5.21. The number of fused-ring (bicyclic) bond motifs is 1. The molecule has 3 aromatic rings. The Morgan fingerprint density at radius 3 is 2.55 bits per heavy atom. The van der Waals surface area contributed by atoms with Crippen LogP contribution in [0, 0.1) is 11.2 Å². The third-order valence-corrected chi connectivity index (χ3v) is 7.37. The lowest BCUT2D eigenvalue weighted by molar-refractivity contribution is 0.0536. The Labute approximate surface area is 192 Å². The molecule has 1 aliphatic carbocycles. The van der Waals surface area contributed by atoms with E-state index in [-0.39, 0.29) is 12.2 Å². The van der Waals surface area contributed by atoms with Gasteiger partial charge in [-0.2, -0.15) is 0 Å². The normalized spacial score (nSPS) is 19.5. The molecule has 1 aromatic carbocycles. The largest absolute Gasteiger partial charge is 0.356 e. The highest BCUT2D eigenvalue weighted by Gasteiger charge is 2.70. The number of rotatable bonds is 5. The number of halogens is 3. The van der Waals surface area contributed by atoms with E-state index in [2.05, 4.69) is 22.8 Å². The van der Waals surface area contributed by atoms with Gasteiger partial charge in [-0.1, -0.05) is 23.1 Å². The predicted octanol–water partition coefficient (Wildman–Crippen LogP) is 5.41. The average molecular weight is 472 g/mol. The Bertz CT molecular complexity index is 1280. The Morgan fingerprint density at radius 1 is 1.15 bits per heavy atom. The monoisotopic (exact) mass is 471 g/mol. The quantitative estimate of drug-likeness (QED) is 0.487. The molecule has 2 fully saturated rings. The fourth-order valence-electron chi connectivity index (χ4n) is 4.54. The second kappa shape index (κ2) is 7.85. The predicted molar refractivity (Wildman–Crippen MR) is 129 cm³/mol. The number of nitrogens with zero attached hydrogens (tertiary/aromatic N) is 3. The van der Waals surface area contributed by atoms with Gasteiger partial charge in [-0.15, -0.1) is 0 Å². The van der Waals surface area contributed by atoms with Gasteiger partial charge in [0.2, 0.25) is 0 Å². The Balaban J connectivity index is 1.49. The van der Waals surface area contributed by atoms with Crippen molar-refractivity contribution in [1.29, 1.82) is 0 Å². The number of pyridine rings is 2. The molecule has 1 saturated heterocycles. The average Bonchev–Trinajstić information content (AvgIpc) is 3.32. The third-order valence-electron chi connectivity index (χ3n) is 6.61. The second-order valence-corrected chi connectivity index (χ2v) is 10.0. The zero-order valence-corrected chi connectivity index (χ0v) is 18.8. The van der Waals surface area contributed by atoms with Gasteiger partial charge in [0.1, 0.15) is 16.7 Å². The maximum absolute atomic E-state index is 13.9. The number of nitrogens with two attached hydrogens (primary N) is 1. The minimum Gasteiger partial charge on any atom is -0.356 e. The van der Waals surface area contributed by atoms with E-state index >= 15 is 0 Å². The van der Waals surface area contributed by atoms with Crippen molar-refractivity contribution >= 4 is 44.6 Å². The first-order valence-corrected chi connectivity index (χ1v) is 12.1. The fourth-order valence-corrected chi connectivity index (χ4v) is 5.02. The van der Waals surface area contributed by atoms with Crippen LogP contribution < -0.4 is 15.4 Å². The van der Waals surface area contributed by atoms with Gasteiger partial charge >= 0.3 is 0 Å². The number of piperidine rings is 1. The zero-order chi connectivity index (χ0) is 23.4. The molecule has 1 aliphatic heterocycles. The van der Waals surface area contributed by atoms with Crippen molar-refractivity contribution in [3.8, 4) is 0 Å². The van der Waals surface area contributed by atoms with Crippen molar-refractivity contribution in [3.05, 3.63) is 60.6 Å². The molecule has 1 atom stereocenters. The van der Waals surface area contributed by atoms with E-state index in [9.17, 15) is 13.2 Å². The van der Waals surface area contributed by atoms with E-state index in [0.29, 0.717) is 58.9 Å². The molecule has 1 spiro atoms. The molecule has 9 heteroatoms. The first kappa shape index (κ1) is 21.9. The van der Waals surface area contributed by atoms with E-state index in [1.807, 2.05) is 11.0 Å². The van der Waals surface area contributed by atoms with Crippen LogP contribution in [-0.4, -0.2) is 34.9 Å². The van der Waals surface area contributed by atoms with Crippen molar-refractivity contribution in [2.24, 2.45) is 10.6 Å². The molecule has 0 bridgehead atoms. The van der Waals surface area contributed by atoms with Crippen LogP contribution in [0.5, 0.6) is 0 Å². The van der Waals surface area contributed by atoms with Crippen molar-refractivity contribution in [2.45, 2.75) is 30.2 Å². The molecule has 172 valence electrons. The SMILES string of the molecule is C=C(Nc1ccnc(S(=C)N)c1)c1cc2cc(F)ccc2nc1N1CCC2(CC1)CC2(F)F. The van der Waals surface area contributed by atoms with Crippen LogP contribution >= 0.6 is 10.7 Å². The smallest absolute Gasteiger partial charge is 0.254 e. The summed E-state index contributed by atoms with van der Waals surface area (Å²) in [6.07, 6.45) is 2.44. The van der Waals surface area contributed by atoms with Crippen molar-refractivity contribution in [3.63, 3.8) is 0 Å². The fraction of sp³-hybridized carbons (Fsp3) is 0.292. The highest BCUT2D eigenvalue weighted by Crippen LogP contribution is 2.66. The number of aromatic nitrogens is 2. The van der Waals surface area contributed by atoms with Crippen LogP contribution in [0.4, 0.5) is 24.7 Å². The van der Waals surface area contributed by atoms with Gasteiger partial charge in [0.15, 0.2) is 0 Å². The van der Waals surface area contributed by atoms with Crippen LogP contribution in [-0.2, 0) is 0 Å². The molecule has 1 saturated carbocycles. The minimum atomic E-state index is -2.56. The standard InChI is InChI=1S/C24H24F3N5S/c1-15(30-18-5-8-29-21(13-18)33(2)28)19-12-16-11-17(25)3-4-20(16)31-22(19)32-9-6-23(7-10-32)14-24(23,26)27/h3-5,8,11-13H,1-2,6-7,9-10,14,28H2,(H,29,30). The topological polar surface area (TPSA) is 67.1 Å². The molecule has 2 aliphatic rings. The highest BCUT2D eigenvalue weighted by atomic mass is 32.2. The van der Waals surface area contributed by atoms with Crippen molar-refractivity contribution < 1.29 is 13.2 Å². The highest BCUT2D eigenvalue weighted by molar-refractivity contribution is 8.12. The van der Waals surface area contributed by atoms with Gasteiger partial charge in [-0.25, -0.2) is 23.1 Å². The van der Waals surface area contributed by atoms with Crippen LogP contribution in [0.1, 0.15) is 24.8 Å². The lowest BCUT2D eigenvalue weighted by Crippen LogP contribution is -2.37. The van der Waals surface area contributed by atoms with Gasteiger partial charge in [0.05, 0.1) is 5.52 Å². The summed E-state index contributed by atoms with van der Waals surface area (Å²) in [6.45, 7) is 5.14. The summed E-state index contributed by atoms with van der Waals surface area (Å²) >= 11 is 0. The van der Waals surface area contributed by atoms with E-state index in [1.165, 1.54) is 12.1 Å². The second-order valence-electron chi connectivity index (χ2n) is 8.76. The first-order valence-electron chi connectivity index (χ1n) is 10.6. The molecular weight excluding hydrogens is 447 g/mol. The van der Waals surface area contributed by atoms with E-state index in [0.717, 1.165) is 5.69 Å². The van der Waals surface area contributed by atoms with Crippen molar-refractivity contribution in [1.82, 2.24) is 9.97 Å². The van der Waals surface area contributed by atoms with Crippen LogP contribution in [0.15, 0.2) is 54.2 Å². The summed E-state index contributed by atoms with van der Waals surface area (Å²) < 4.78 is 41.6. The zero-order valence-electron chi connectivity index (χ0n) is 18.0. The van der Waals surface area contributed by atoms with Crippen LogP contribution in [0.2, 0.25) is 0 Å². The summed E-state index contributed by atoms with van der Waals surface area (Å²) in [5.74, 6) is 1.55. The molecule has 3 heterocycles. The number of hydrogen-bond donors (Lipinski definition) is 2. The number of anilines is 2. The van der Waals surface area contributed by atoms with Gasteiger partial charge in [-0.3, -0.25) is 5.14 Å². The van der Waals surface area contributed by atoms with Crippen LogP contribution in [0.3, 0.4) is 0 Å². The summed E-state index contributed by atoms with van der Waals surface area (Å²) in [5, 5.41) is 10.4. The molecule has 33 heavy (non-hydrogen) atoms. The Hall–Kier alpha value is -2.91. The molecule has 5 nitrogen and oxygen atoms in total. The maximum Gasteiger partial charge on any atom is 0.254 e. The Morgan fingerprint density at radius 2 is 1.88 bits per heavy atom. The van der Waals surface area contributed by atoms with E-state index < -0.39 is 22.0 Å². The van der Waals surface area contributed by atoms with Crippen LogP contribution in [0.25, 0.3) is 16.6 Å². The molecule has 5 rings (SSSR count). The lowest BCUT2D eigenvalue weighted by Gasteiger charge is -2.34. The number of hydrogen-bond acceptors (Lipinski definition) is 5. The summed E-state index contributed by atoms with van der Waals surface area (Å²) in [7, 11) is -0.740. The van der Waals surface area contributed by atoms with E-state index in [4.69, 9.17) is 10.1 Å². The molecule has 0 amide bonds. The van der Waals surface area contributed by atoms with Gasteiger partial charge in [-0.05, 0) is 49.2 Å². The summed E-state index contributed by atoms with van der Waals surface area (Å²) in [5.41, 5.74) is 1.75. The van der Waals surface area contributed by atoms with Gasteiger partial charge in [0, 0.05) is 53.5 Å². The first-order chi connectivity index (χ1) is 15.7.